The quantitative estimate of drug-likeness (QED) is 0.297. The van der Waals surface area contributed by atoms with Gasteiger partial charge in [-0.1, -0.05) is 27.2 Å². The van der Waals surface area contributed by atoms with Crippen LogP contribution in [0.5, 0.6) is 0 Å². The molecule has 4 nitrogen and oxygen atoms in total. The van der Waals surface area contributed by atoms with E-state index in [0.717, 1.165) is 58.7 Å². The van der Waals surface area contributed by atoms with Crippen LogP contribution in [0.25, 0.3) is 0 Å². The topological polar surface area (TPSA) is 40.2 Å². The van der Waals surface area contributed by atoms with Crippen LogP contribution in [0.2, 0.25) is 5.54 Å². The largest absolute Gasteiger partial charge is 0.396 e. The maximum atomic E-state index is 5.97. The highest BCUT2D eigenvalue weighted by Crippen LogP contribution is 2.22. The molecule has 1 rings (SSSR count). The molecule has 1 heterocycles. The van der Waals surface area contributed by atoms with E-state index in [4.69, 9.17) is 18.3 Å². The predicted molar refractivity (Wildman–Crippen MR) is 78.9 cm³/mol. The molecule has 0 aromatic rings. The van der Waals surface area contributed by atoms with Crippen molar-refractivity contribution in [2.45, 2.75) is 58.1 Å². The Morgan fingerprint density at radius 3 is 2.21 bits per heavy atom. The van der Waals surface area contributed by atoms with Gasteiger partial charge in [0.05, 0.1) is 13.2 Å². The maximum Gasteiger partial charge on any atom is 0.324 e. The first kappa shape index (κ1) is 17.1. The second-order valence-electron chi connectivity index (χ2n) is 5.10. The molecule has 0 spiro atoms. The number of epoxide rings is 1. The summed E-state index contributed by atoms with van der Waals surface area (Å²) in [5.74, 6) is 0. The number of hydrogen-bond donors (Lipinski definition) is 0. The van der Waals surface area contributed by atoms with Gasteiger partial charge in [-0.05, 0) is 19.3 Å². The molecule has 0 aromatic carbocycles. The highest BCUT2D eigenvalue weighted by atomic mass is 28.3. The minimum atomic E-state index is -1.55. The van der Waals surface area contributed by atoms with Gasteiger partial charge in [0.2, 0.25) is 0 Å². The summed E-state index contributed by atoms with van der Waals surface area (Å²) in [6.45, 7) is 10.6. The molecule has 0 aromatic heterocycles. The van der Waals surface area contributed by atoms with E-state index < -0.39 is 9.28 Å². The zero-order valence-electron chi connectivity index (χ0n) is 12.7. The lowest BCUT2D eigenvalue weighted by molar-refractivity contribution is 0.108. The van der Waals surface area contributed by atoms with Gasteiger partial charge in [-0.15, -0.1) is 0 Å². The van der Waals surface area contributed by atoms with Crippen molar-refractivity contribution in [1.82, 2.24) is 0 Å². The minimum absolute atomic E-state index is 0.362. The molecule has 1 saturated heterocycles. The van der Waals surface area contributed by atoms with E-state index in [1.807, 2.05) is 0 Å². The highest BCUT2D eigenvalue weighted by Gasteiger charge is 2.26. The summed E-state index contributed by atoms with van der Waals surface area (Å²) in [6, 6.07) is 0. The Hall–Kier alpha value is 0.0569. The van der Waals surface area contributed by atoms with Crippen molar-refractivity contribution in [3.8, 4) is 0 Å². The summed E-state index contributed by atoms with van der Waals surface area (Å²) >= 11 is 0. The van der Waals surface area contributed by atoms with Crippen LogP contribution in [-0.2, 0) is 18.3 Å². The molecule has 0 saturated carbocycles. The Morgan fingerprint density at radius 1 is 1.11 bits per heavy atom. The summed E-state index contributed by atoms with van der Waals surface area (Å²) in [5.41, 5.74) is 0.554. The van der Waals surface area contributed by atoms with E-state index in [0.29, 0.717) is 11.6 Å². The molecule has 1 fully saturated rings. The highest BCUT2D eigenvalue weighted by molar-refractivity contribution is 6.46. The second-order valence-corrected chi connectivity index (χ2v) is 7.44. The molecule has 2 atom stereocenters. The van der Waals surface area contributed by atoms with Crippen LogP contribution in [0.3, 0.4) is 0 Å². The van der Waals surface area contributed by atoms with Crippen molar-refractivity contribution >= 4 is 9.28 Å². The van der Waals surface area contributed by atoms with Gasteiger partial charge < -0.3 is 18.3 Å². The minimum Gasteiger partial charge on any atom is -0.396 e. The monoisotopic (exact) mass is 290 g/mol. The van der Waals surface area contributed by atoms with Gasteiger partial charge >= 0.3 is 9.28 Å². The number of ether oxygens (including phenoxy) is 2. The Labute approximate surface area is 119 Å². The fourth-order valence-electron chi connectivity index (χ4n) is 1.93. The zero-order valence-corrected chi connectivity index (χ0v) is 13.9. The third kappa shape index (κ3) is 8.04. The van der Waals surface area contributed by atoms with Crippen molar-refractivity contribution in [2.75, 3.05) is 33.0 Å². The van der Waals surface area contributed by atoms with Gasteiger partial charge in [0.1, 0.15) is 6.10 Å². The average molecular weight is 290 g/mol. The first-order chi connectivity index (χ1) is 9.31. The normalized spacial score (nSPS) is 19.9. The van der Waals surface area contributed by atoms with Crippen LogP contribution in [0.15, 0.2) is 0 Å². The summed E-state index contributed by atoms with van der Waals surface area (Å²) in [4.78, 5) is 0. The molecule has 1 aliphatic rings. The van der Waals surface area contributed by atoms with Gasteiger partial charge in [0.25, 0.3) is 0 Å². The van der Waals surface area contributed by atoms with Gasteiger partial charge in [0, 0.05) is 25.4 Å². The lowest BCUT2D eigenvalue weighted by Gasteiger charge is -2.24. The van der Waals surface area contributed by atoms with E-state index in [2.05, 4.69) is 20.8 Å². The SMILES string of the molecule is CCCO[SiH](OCCC)C(CC)CCOCC1CO1. The molecular weight excluding hydrogens is 260 g/mol. The molecule has 19 heavy (non-hydrogen) atoms. The van der Waals surface area contributed by atoms with E-state index in [1.54, 1.807) is 0 Å². The van der Waals surface area contributed by atoms with Crippen molar-refractivity contribution in [3.63, 3.8) is 0 Å². The molecule has 0 amide bonds. The van der Waals surface area contributed by atoms with Crippen LogP contribution in [0.1, 0.15) is 46.5 Å². The number of rotatable bonds is 13. The van der Waals surface area contributed by atoms with Crippen molar-refractivity contribution in [1.29, 1.82) is 0 Å². The maximum absolute atomic E-state index is 5.97. The van der Waals surface area contributed by atoms with E-state index in [1.165, 1.54) is 0 Å². The third-order valence-corrected chi connectivity index (χ3v) is 5.92. The fourth-order valence-corrected chi connectivity index (χ4v) is 4.30. The Morgan fingerprint density at radius 2 is 1.74 bits per heavy atom. The zero-order chi connectivity index (χ0) is 13.9. The number of hydrogen-bond acceptors (Lipinski definition) is 4. The Bertz CT molecular complexity index is 204. The lowest BCUT2D eigenvalue weighted by Crippen LogP contribution is -2.30. The van der Waals surface area contributed by atoms with E-state index in [-0.39, 0.29) is 0 Å². The predicted octanol–water partition coefficient (Wildman–Crippen LogP) is 2.65. The fraction of sp³-hybridized carbons (Fsp3) is 1.00. The lowest BCUT2D eigenvalue weighted by atomic mass is 10.2. The smallest absolute Gasteiger partial charge is 0.324 e. The summed E-state index contributed by atoms with van der Waals surface area (Å²) in [5, 5.41) is 0. The molecular formula is C14H30O4Si. The summed E-state index contributed by atoms with van der Waals surface area (Å²) in [6.07, 6.45) is 4.65. The standard InChI is InChI=1S/C14H30O4Si/c1-4-8-17-19(18-9-5-2)14(6-3)7-10-15-11-13-12-16-13/h13-14,19H,4-12H2,1-3H3. The van der Waals surface area contributed by atoms with Crippen LogP contribution in [0.4, 0.5) is 0 Å². The van der Waals surface area contributed by atoms with Gasteiger partial charge in [-0.3, -0.25) is 0 Å². The van der Waals surface area contributed by atoms with E-state index >= 15 is 0 Å². The molecule has 114 valence electrons. The van der Waals surface area contributed by atoms with Gasteiger partial charge in [0.15, 0.2) is 0 Å². The van der Waals surface area contributed by atoms with Crippen molar-refractivity contribution in [2.24, 2.45) is 0 Å². The van der Waals surface area contributed by atoms with Crippen LogP contribution < -0.4 is 0 Å². The van der Waals surface area contributed by atoms with Crippen molar-refractivity contribution in [3.05, 3.63) is 0 Å². The van der Waals surface area contributed by atoms with E-state index in [9.17, 15) is 0 Å². The molecule has 0 bridgehead atoms. The first-order valence-corrected chi connectivity index (χ1v) is 9.35. The second kappa shape index (κ2) is 10.8. The molecule has 0 aliphatic carbocycles. The molecule has 1 aliphatic heterocycles. The Balaban J connectivity index is 2.22. The molecule has 2 unspecified atom stereocenters. The van der Waals surface area contributed by atoms with Crippen molar-refractivity contribution < 1.29 is 18.3 Å². The molecule has 0 radical (unpaired) electrons. The average Bonchev–Trinajstić information content (AvgIpc) is 3.24. The van der Waals surface area contributed by atoms with Crippen LogP contribution in [-0.4, -0.2) is 48.4 Å². The third-order valence-electron chi connectivity index (χ3n) is 3.22. The van der Waals surface area contributed by atoms with Gasteiger partial charge in [-0.25, -0.2) is 0 Å². The summed E-state index contributed by atoms with van der Waals surface area (Å²) < 4.78 is 22.7. The Kier molecular flexibility index (Phi) is 9.72. The van der Waals surface area contributed by atoms with Crippen LogP contribution >= 0.6 is 0 Å². The first-order valence-electron chi connectivity index (χ1n) is 7.74. The molecule has 0 N–H and O–H groups in total. The van der Waals surface area contributed by atoms with Crippen LogP contribution in [0, 0.1) is 0 Å². The van der Waals surface area contributed by atoms with Gasteiger partial charge in [-0.2, -0.15) is 0 Å². The molecule has 5 heteroatoms. The summed E-state index contributed by atoms with van der Waals surface area (Å²) in [7, 11) is -1.55.